The van der Waals surface area contributed by atoms with E-state index in [4.69, 9.17) is 21.1 Å². The van der Waals surface area contributed by atoms with E-state index >= 15 is 0 Å². The molecule has 3 rings (SSSR count). The standard InChI is InChI=1S/C14H17ClN2O4/c15-13-9-12(17(18)19)2-1-11(13)10-16-5-3-14(4-6-16)20-7-8-21-14/h1-2,9H,3-8,10H2. The van der Waals surface area contributed by atoms with E-state index < -0.39 is 4.92 Å². The third-order valence-corrected chi connectivity index (χ3v) is 4.42. The van der Waals surface area contributed by atoms with Crippen molar-refractivity contribution < 1.29 is 14.4 Å². The summed E-state index contributed by atoms with van der Waals surface area (Å²) in [4.78, 5) is 12.5. The van der Waals surface area contributed by atoms with Crippen LogP contribution in [0, 0.1) is 10.1 Å². The molecule has 0 bridgehead atoms. The second-order valence-electron chi connectivity index (χ2n) is 5.42. The molecular formula is C14H17ClN2O4. The molecule has 1 aromatic carbocycles. The maximum Gasteiger partial charge on any atom is 0.270 e. The number of nitro groups is 1. The minimum Gasteiger partial charge on any atom is -0.347 e. The number of non-ortho nitro benzene ring substituents is 1. The van der Waals surface area contributed by atoms with E-state index in [1.54, 1.807) is 6.07 Å². The molecule has 21 heavy (non-hydrogen) atoms. The molecule has 0 aliphatic carbocycles. The molecule has 0 aromatic heterocycles. The van der Waals surface area contributed by atoms with E-state index in [0.717, 1.165) is 31.5 Å². The Bertz CT molecular complexity index is 536. The van der Waals surface area contributed by atoms with Crippen molar-refractivity contribution >= 4 is 17.3 Å². The summed E-state index contributed by atoms with van der Waals surface area (Å²) in [7, 11) is 0. The van der Waals surface area contributed by atoms with Crippen molar-refractivity contribution in [3.05, 3.63) is 38.9 Å². The van der Waals surface area contributed by atoms with Crippen LogP contribution in [0.4, 0.5) is 5.69 Å². The number of piperidine rings is 1. The zero-order valence-electron chi connectivity index (χ0n) is 11.6. The first-order chi connectivity index (χ1) is 10.1. The van der Waals surface area contributed by atoms with Crippen molar-refractivity contribution in [2.75, 3.05) is 26.3 Å². The van der Waals surface area contributed by atoms with Crippen LogP contribution in [0.2, 0.25) is 5.02 Å². The summed E-state index contributed by atoms with van der Waals surface area (Å²) >= 11 is 6.13. The van der Waals surface area contributed by atoms with Crippen molar-refractivity contribution in [1.29, 1.82) is 0 Å². The molecule has 114 valence electrons. The van der Waals surface area contributed by atoms with Crippen molar-refractivity contribution in [2.24, 2.45) is 0 Å². The van der Waals surface area contributed by atoms with Gasteiger partial charge in [-0.05, 0) is 11.6 Å². The number of hydrogen-bond acceptors (Lipinski definition) is 5. The zero-order valence-corrected chi connectivity index (χ0v) is 12.3. The van der Waals surface area contributed by atoms with E-state index in [0.29, 0.717) is 24.8 Å². The molecule has 2 heterocycles. The molecule has 0 amide bonds. The summed E-state index contributed by atoms with van der Waals surface area (Å²) in [5.74, 6) is -0.379. The van der Waals surface area contributed by atoms with Crippen molar-refractivity contribution in [2.45, 2.75) is 25.2 Å². The van der Waals surface area contributed by atoms with Crippen LogP contribution in [0.3, 0.4) is 0 Å². The lowest BCUT2D eigenvalue weighted by molar-refractivity contribution is -0.384. The summed E-state index contributed by atoms with van der Waals surface area (Å²) in [6, 6.07) is 4.63. The van der Waals surface area contributed by atoms with Gasteiger partial charge in [0, 0.05) is 44.6 Å². The monoisotopic (exact) mass is 312 g/mol. The second-order valence-corrected chi connectivity index (χ2v) is 5.82. The number of nitro benzene ring substituents is 1. The SMILES string of the molecule is O=[N+]([O-])c1ccc(CN2CCC3(CC2)OCCO3)c(Cl)c1. The van der Waals surface area contributed by atoms with Crippen LogP contribution < -0.4 is 0 Å². The Morgan fingerprint density at radius 1 is 1.29 bits per heavy atom. The summed E-state index contributed by atoms with van der Waals surface area (Å²) < 4.78 is 11.4. The highest BCUT2D eigenvalue weighted by Gasteiger charge is 2.39. The van der Waals surface area contributed by atoms with Gasteiger partial charge in [-0.2, -0.15) is 0 Å². The number of ether oxygens (including phenoxy) is 2. The highest BCUT2D eigenvalue weighted by atomic mass is 35.5. The molecule has 0 unspecified atom stereocenters. The van der Waals surface area contributed by atoms with Crippen LogP contribution in [0.1, 0.15) is 18.4 Å². The number of halogens is 1. The van der Waals surface area contributed by atoms with Gasteiger partial charge in [0.15, 0.2) is 5.79 Å². The number of rotatable bonds is 3. The Kier molecular flexibility index (Phi) is 4.12. The van der Waals surface area contributed by atoms with Gasteiger partial charge >= 0.3 is 0 Å². The van der Waals surface area contributed by atoms with E-state index in [-0.39, 0.29) is 11.5 Å². The first-order valence-corrected chi connectivity index (χ1v) is 7.39. The van der Waals surface area contributed by atoms with Gasteiger partial charge in [-0.25, -0.2) is 0 Å². The summed E-state index contributed by atoms with van der Waals surface area (Å²) in [6.45, 7) is 3.77. The minimum atomic E-state index is -0.435. The van der Waals surface area contributed by atoms with Crippen molar-refractivity contribution in [3.63, 3.8) is 0 Å². The maximum atomic E-state index is 10.7. The molecular weight excluding hydrogens is 296 g/mol. The van der Waals surface area contributed by atoms with E-state index in [2.05, 4.69) is 4.90 Å². The first kappa shape index (κ1) is 14.7. The highest BCUT2D eigenvalue weighted by Crippen LogP contribution is 2.32. The van der Waals surface area contributed by atoms with Crippen LogP contribution >= 0.6 is 11.6 Å². The van der Waals surface area contributed by atoms with Gasteiger partial charge in [0.25, 0.3) is 5.69 Å². The lowest BCUT2D eigenvalue weighted by Gasteiger charge is -2.37. The maximum absolute atomic E-state index is 10.7. The normalized spacial score (nSPS) is 21.8. The Labute approximate surface area is 127 Å². The quantitative estimate of drug-likeness (QED) is 0.634. The number of benzene rings is 1. The third kappa shape index (κ3) is 3.18. The van der Waals surface area contributed by atoms with Gasteiger partial charge in [0.1, 0.15) is 0 Å². The number of nitrogens with zero attached hydrogens (tertiary/aromatic N) is 2. The third-order valence-electron chi connectivity index (χ3n) is 4.07. The molecule has 0 radical (unpaired) electrons. The van der Waals surface area contributed by atoms with E-state index in [1.165, 1.54) is 12.1 Å². The number of hydrogen-bond donors (Lipinski definition) is 0. The number of likely N-dealkylation sites (tertiary alicyclic amines) is 1. The van der Waals surface area contributed by atoms with Gasteiger partial charge in [0.05, 0.1) is 23.2 Å². The largest absolute Gasteiger partial charge is 0.347 e. The van der Waals surface area contributed by atoms with Crippen LogP contribution in [0.25, 0.3) is 0 Å². The zero-order chi connectivity index (χ0) is 14.9. The molecule has 1 spiro atoms. The Balaban J connectivity index is 1.61. The smallest absolute Gasteiger partial charge is 0.270 e. The lowest BCUT2D eigenvalue weighted by Crippen LogP contribution is -2.44. The Morgan fingerprint density at radius 2 is 1.95 bits per heavy atom. The van der Waals surface area contributed by atoms with Crippen LogP contribution in [0.5, 0.6) is 0 Å². The predicted octanol–water partition coefficient (Wildman–Crippen LogP) is 2.59. The first-order valence-electron chi connectivity index (χ1n) is 7.01. The predicted molar refractivity (Wildman–Crippen MR) is 77.3 cm³/mol. The van der Waals surface area contributed by atoms with E-state index in [9.17, 15) is 10.1 Å². The van der Waals surface area contributed by atoms with Crippen LogP contribution in [-0.2, 0) is 16.0 Å². The van der Waals surface area contributed by atoms with E-state index in [1.807, 2.05) is 0 Å². The van der Waals surface area contributed by atoms with Gasteiger partial charge in [0.2, 0.25) is 0 Å². The Hall–Kier alpha value is -1.21. The molecule has 2 saturated heterocycles. The van der Waals surface area contributed by atoms with Crippen LogP contribution in [0.15, 0.2) is 18.2 Å². The topological polar surface area (TPSA) is 64.8 Å². The highest BCUT2D eigenvalue weighted by molar-refractivity contribution is 6.31. The fourth-order valence-corrected chi connectivity index (χ4v) is 3.09. The summed E-state index contributed by atoms with van der Waals surface area (Å²) in [5.41, 5.74) is 0.931. The fourth-order valence-electron chi connectivity index (χ4n) is 2.86. The lowest BCUT2D eigenvalue weighted by atomic mass is 10.0. The van der Waals surface area contributed by atoms with Crippen molar-refractivity contribution in [1.82, 2.24) is 4.90 Å². The molecule has 7 heteroatoms. The van der Waals surface area contributed by atoms with Gasteiger partial charge < -0.3 is 9.47 Å². The minimum absolute atomic E-state index is 0.0223. The van der Waals surface area contributed by atoms with Gasteiger partial charge in [-0.3, -0.25) is 15.0 Å². The van der Waals surface area contributed by atoms with Gasteiger partial charge in [-0.15, -0.1) is 0 Å². The van der Waals surface area contributed by atoms with Gasteiger partial charge in [-0.1, -0.05) is 11.6 Å². The summed E-state index contributed by atoms with van der Waals surface area (Å²) in [5, 5.41) is 11.1. The molecule has 2 aliphatic rings. The molecule has 2 fully saturated rings. The average molecular weight is 313 g/mol. The molecule has 0 atom stereocenters. The average Bonchev–Trinajstić information content (AvgIpc) is 2.92. The molecule has 0 saturated carbocycles. The second kappa shape index (κ2) is 5.88. The molecule has 1 aromatic rings. The van der Waals surface area contributed by atoms with Crippen LogP contribution in [-0.4, -0.2) is 41.9 Å². The summed E-state index contributed by atoms with van der Waals surface area (Å²) in [6.07, 6.45) is 1.69. The van der Waals surface area contributed by atoms with Crippen molar-refractivity contribution in [3.8, 4) is 0 Å². The molecule has 0 N–H and O–H groups in total. The Morgan fingerprint density at radius 3 is 2.52 bits per heavy atom. The molecule has 6 nitrogen and oxygen atoms in total. The molecule has 2 aliphatic heterocycles. The fraction of sp³-hybridized carbons (Fsp3) is 0.571.